The second-order valence-electron chi connectivity index (χ2n) is 5.39. The molecule has 6 nitrogen and oxygen atoms in total. The van der Waals surface area contributed by atoms with E-state index in [1.807, 2.05) is 31.2 Å². The number of hydrogen-bond donors (Lipinski definition) is 3. The van der Waals surface area contributed by atoms with Gasteiger partial charge in [-0.1, -0.05) is 24.3 Å². The molecule has 0 fully saturated rings. The smallest absolute Gasteiger partial charge is 0.253 e. The number of rotatable bonds is 8. The first kappa shape index (κ1) is 18.5. The Bertz CT molecular complexity index is 714. The summed E-state index contributed by atoms with van der Waals surface area (Å²) in [6.07, 6.45) is 0.213. The van der Waals surface area contributed by atoms with Crippen LogP contribution in [0.2, 0.25) is 0 Å². The highest BCUT2D eigenvalue weighted by atomic mass is 16.5. The highest BCUT2D eigenvalue weighted by Gasteiger charge is 2.13. The van der Waals surface area contributed by atoms with E-state index in [1.165, 1.54) is 0 Å². The fourth-order valence-corrected chi connectivity index (χ4v) is 2.32. The molecule has 0 aliphatic rings. The highest BCUT2D eigenvalue weighted by molar-refractivity contribution is 6.04. The van der Waals surface area contributed by atoms with Gasteiger partial charge < -0.3 is 21.1 Å². The third-order valence-electron chi connectivity index (χ3n) is 3.47. The number of anilines is 1. The molecule has 2 aromatic rings. The lowest BCUT2D eigenvalue weighted by Crippen LogP contribution is -2.30. The maximum atomic E-state index is 12.3. The number of benzene rings is 2. The number of para-hydroxylation sites is 1. The van der Waals surface area contributed by atoms with Crippen molar-refractivity contribution in [2.45, 2.75) is 13.3 Å². The Morgan fingerprint density at radius 2 is 1.80 bits per heavy atom. The molecular formula is C19H23N3O3. The van der Waals surface area contributed by atoms with E-state index in [-0.39, 0.29) is 18.2 Å². The average Bonchev–Trinajstić information content (AvgIpc) is 2.62. The minimum Gasteiger partial charge on any atom is -0.494 e. The van der Waals surface area contributed by atoms with E-state index in [2.05, 4.69) is 10.6 Å². The van der Waals surface area contributed by atoms with E-state index in [0.717, 1.165) is 11.3 Å². The van der Waals surface area contributed by atoms with Crippen molar-refractivity contribution in [3.05, 3.63) is 59.7 Å². The van der Waals surface area contributed by atoms with E-state index in [9.17, 15) is 9.59 Å². The fourth-order valence-electron chi connectivity index (χ4n) is 2.32. The highest BCUT2D eigenvalue weighted by Crippen LogP contribution is 2.16. The summed E-state index contributed by atoms with van der Waals surface area (Å²) >= 11 is 0. The third-order valence-corrected chi connectivity index (χ3v) is 3.47. The number of ether oxygens (including phenoxy) is 1. The molecule has 0 atom stereocenters. The number of nitrogens with two attached hydrogens (primary N) is 1. The third kappa shape index (κ3) is 5.61. The van der Waals surface area contributed by atoms with Crippen LogP contribution < -0.4 is 21.1 Å². The maximum Gasteiger partial charge on any atom is 0.253 e. The normalized spacial score (nSPS) is 10.2. The van der Waals surface area contributed by atoms with Crippen molar-refractivity contribution in [1.82, 2.24) is 5.32 Å². The summed E-state index contributed by atoms with van der Waals surface area (Å²) < 4.78 is 5.38. The van der Waals surface area contributed by atoms with E-state index in [1.54, 1.807) is 24.3 Å². The van der Waals surface area contributed by atoms with Crippen LogP contribution in [0.4, 0.5) is 5.69 Å². The summed E-state index contributed by atoms with van der Waals surface area (Å²) in [5.41, 5.74) is 7.15. The van der Waals surface area contributed by atoms with Crippen LogP contribution in [0, 0.1) is 0 Å². The van der Waals surface area contributed by atoms with Crippen LogP contribution in [0.15, 0.2) is 48.5 Å². The average molecular weight is 341 g/mol. The molecule has 0 spiro atoms. The van der Waals surface area contributed by atoms with Crippen LogP contribution >= 0.6 is 0 Å². The van der Waals surface area contributed by atoms with Gasteiger partial charge in [-0.05, 0) is 36.8 Å². The van der Waals surface area contributed by atoms with E-state index >= 15 is 0 Å². The maximum absolute atomic E-state index is 12.3. The lowest BCUT2D eigenvalue weighted by atomic mass is 10.1. The number of carbonyl (C=O) groups is 2. The van der Waals surface area contributed by atoms with Crippen molar-refractivity contribution in [3.63, 3.8) is 0 Å². The Balaban J connectivity index is 2.01. The van der Waals surface area contributed by atoms with E-state index < -0.39 is 0 Å². The van der Waals surface area contributed by atoms with Crippen LogP contribution in [0.3, 0.4) is 0 Å². The summed E-state index contributed by atoms with van der Waals surface area (Å²) in [6.45, 7) is 3.26. The zero-order valence-electron chi connectivity index (χ0n) is 14.2. The summed E-state index contributed by atoms with van der Waals surface area (Å²) in [7, 11) is 0. The molecule has 0 unspecified atom stereocenters. The standard InChI is InChI=1S/C19H23N3O3/c1-2-25-15-9-7-14(8-10-15)13-18(23)22-17-6-4-3-5-16(17)19(24)21-12-11-20/h3-10H,2,11-13,20H2,1H3,(H,21,24)(H,22,23). The van der Waals surface area contributed by atoms with Crippen molar-refractivity contribution >= 4 is 17.5 Å². The summed E-state index contributed by atoms with van der Waals surface area (Å²) in [5.74, 6) is 0.319. The van der Waals surface area contributed by atoms with Crippen molar-refractivity contribution in [2.24, 2.45) is 5.73 Å². The predicted octanol–water partition coefficient (Wildman–Crippen LogP) is 1.95. The van der Waals surface area contributed by atoms with Gasteiger partial charge in [0.1, 0.15) is 5.75 Å². The number of nitrogens with one attached hydrogen (secondary N) is 2. The van der Waals surface area contributed by atoms with Crippen molar-refractivity contribution in [3.8, 4) is 5.75 Å². The number of hydrogen-bond acceptors (Lipinski definition) is 4. The summed E-state index contributed by atoms with van der Waals surface area (Å²) in [5, 5.41) is 5.49. The van der Waals surface area contributed by atoms with Gasteiger partial charge in [-0.3, -0.25) is 9.59 Å². The van der Waals surface area contributed by atoms with Crippen LogP contribution in [0.5, 0.6) is 5.75 Å². The Hall–Kier alpha value is -2.86. The van der Waals surface area contributed by atoms with Gasteiger partial charge in [0.05, 0.1) is 24.3 Å². The Kier molecular flexibility index (Phi) is 6.98. The molecule has 0 saturated heterocycles. The molecule has 0 bridgehead atoms. The molecule has 132 valence electrons. The second kappa shape index (κ2) is 9.44. The van der Waals surface area contributed by atoms with E-state index in [0.29, 0.717) is 30.9 Å². The van der Waals surface area contributed by atoms with Gasteiger partial charge >= 0.3 is 0 Å². The zero-order chi connectivity index (χ0) is 18.1. The molecule has 2 aromatic carbocycles. The van der Waals surface area contributed by atoms with Gasteiger partial charge in [0, 0.05) is 13.1 Å². The molecule has 0 aliphatic carbocycles. The van der Waals surface area contributed by atoms with Crippen molar-refractivity contribution in [2.75, 3.05) is 25.0 Å². The Morgan fingerprint density at radius 1 is 1.08 bits per heavy atom. The van der Waals surface area contributed by atoms with Gasteiger partial charge in [0.15, 0.2) is 0 Å². The van der Waals surface area contributed by atoms with Gasteiger partial charge in [-0.2, -0.15) is 0 Å². The van der Waals surface area contributed by atoms with Crippen LogP contribution in [0.25, 0.3) is 0 Å². The van der Waals surface area contributed by atoms with Gasteiger partial charge in [-0.15, -0.1) is 0 Å². The predicted molar refractivity (Wildman–Crippen MR) is 97.8 cm³/mol. The molecule has 2 amide bonds. The minimum atomic E-state index is -0.262. The summed E-state index contributed by atoms with van der Waals surface area (Å²) in [4.78, 5) is 24.4. The van der Waals surface area contributed by atoms with Crippen molar-refractivity contribution < 1.29 is 14.3 Å². The minimum absolute atomic E-state index is 0.191. The molecule has 6 heteroatoms. The molecule has 0 heterocycles. The lowest BCUT2D eigenvalue weighted by molar-refractivity contribution is -0.115. The van der Waals surface area contributed by atoms with Gasteiger partial charge in [-0.25, -0.2) is 0 Å². The van der Waals surface area contributed by atoms with Gasteiger partial charge in [0.2, 0.25) is 5.91 Å². The van der Waals surface area contributed by atoms with Crippen LogP contribution in [-0.4, -0.2) is 31.5 Å². The quantitative estimate of drug-likeness (QED) is 0.684. The van der Waals surface area contributed by atoms with Crippen LogP contribution in [0.1, 0.15) is 22.8 Å². The Labute approximate surface area is 147 Å². The number of amides is 2. The molecule has 4 N–H and O–H groups in total. The SMILES string of the molecule is CCOc1ccc(CC(=O)Nc2ccccc2C(=O)NCCN)cc1. The Morgan fingerprint density at radius 3 is 2.48 bits per heavy atom. The van der Waals surface area contributed by atoms with Crippen LogP contribution in [-0.2, 0) is 11.2 Å². The van der Waals surface area contributed by atoms with Gasteiger partial charge in [0.25, 0.3) is 5.91 Å². The topological polar surface area (TPSA) is 93.4 Å². The molecule has 0 aliphatic heterocycles. The van der Waals surface area contributed by atoms with E-state index in [4.69, 9.17) is 10.5 Å². The molecule has 0 radical (unpaired) electrons. The first-order chi connectivity index (χ1) is 12.1. The molecule has 0 saturated carbocycles. The summed E-state index contributed by atoms with van der Waals surface area (Å²) in [6, 6.07) is 14.3. The number of carbonyl (C=O) groups excluding carboxylic acids is 2. The molecule has 0 aromatic heterocycles. The second-order valence-corrected chi connectivity index (χ2v) is 5.39. The zero-order valence-corrected chi connectivity index (χ0v) is 14.2. The largest absolute Gasteiger partial charge is 0.494 e. The lowest BCUT2D eigenvalue weighted by Gasteiger charge is -2.11. The molecule has 2 rings (SSSR count). The first-order valence-corrected chi connectivity index (χ1v) is 8.23. The first-order valence-electron chi connectivity index (χ1n) is 8.23. The monoisotopic (exact) mass is 341 g/mol. The van der Waals surface area contributed by atoms with Crippen molar-refractivity contribution in [1.29, 1.82) is 0 Å². The fraction of sp³-hybridized carbons (Fsp3) is 0.263. The molecule has 25 heavy (non-hydrogen) atoms. The molecular weight excluding hydrogens is 318 g/mol.